The second-order valence-corrected chi connectivity index (χ2v) is 8.10. The average molecular weight is 479 g/mol. The monoisotopic (exact) mass is 478 g/mol. The van der Waals surface area contributed by atoms with Gasteiger partial charge in [-0.1, -0.05) is 83.4 Å². The van der Waals surface area contributed by atoms with Crippen LogP contribution in [0.25, 0.3) is 22.4 Å². The maximum atomic E-state index is 12.3. The van der Waals surface area contributed by atoms with Gasteiger partial charge in [0, 0.05) is 21.2 Å². The van der Waals surface area contributed by atoms with Gasteiger partial charge >= 0.3 is 0 Å². The van der Waals surface area contributed by atoms with Crippen LogP contribution < -0.4 is 10.2 Å². The number of aromatic nitrogens is 2. The van der Waals surface area contributed by atoms with Crippen LogP contribution in [-0.2, 0) is 4.79 Å². The summed E-state index contributed by atoms with van der Waals surface area (Å²) in [4.78, 5) is 12.3. The number of aromatic amines is 1. The number of carbonyl (C=O) groups is 1. The molecule has 8 heteroatoms. The smallest absolute Gasteiger partial charge is 0.278 e. The summed E-state index contributed by atoms with van der Waals surface area (Å²) in [6.45, 7) is 1.76. The molecule has 4 aromatic rings. The molecule has 0 unspecified atom stereocenters. The van der Waals surface area contributed by atoms with Crippen LogP contribution in [0.2, 0.25) is 10.0 Å². The van der Waals surface area contributed by atoms with E-state index in [-0.39, 0.29) is 6.61 Å². The molecule has 0 saturated carbocycles. The summed E-state index contributed by atoms with van der Waals surface area (Å²) in [6, 6.07) is 22.6. The third-order valence-electron chi connectivity index (χ3n) is 4.84. The van der Waals surface area contributed by atoms with E-state index in [9.17, 15) is 4.79 Å². The molecule has 0 fully saturated rings. The van der Waals surface area contributed by atoms with Crippen molar-refractivity contribution < 1.29 is 9.53 Å². The summed E-state index contributed by atoms with van der Waals surface area (Å²) in [5.41, 5.74) is 7.59. The third-order valence-corrected chi connectivity index (χ3v) is 5.44. The topological polar surface area (TPSA) is 79.4 Å². The third kappa shape index (κ3) is 5.61. The van der Waals surface area contributed by atoms with Crippen LogP contribution in [0, 0.1) is 6.92 Å². The first-order valence-electron chi connectivity index (χ1n) is 10.1. The molecule has 2 N–H and O–H groups in total. The van der Waals surface area contributed by atoms with E-state index in [2.05, 4.69) is 20.7 Å². The van der Waals surface area contributed by atoms with Gasteiger partial charge in [0.15, 0.2) is 6.61 Å². The van der Waals surface area contributed by atoms with Gasteiger partial charge in [-0.3, -0.25) is 9.89 Å². The van der Waals surface area contributed by atoms with Crippen LogP contribution in [0.1, 0.15) is 11.1 Å². The lowest BCUT2D eigenvalue weighted by atomic mass is 10.0. The number of hydrazone groups is 1. The molecular weight excluding hydrogens is 459 g/mol. The molecule has 1 amide bonds. The number of nitrogens with zero attached hydrogens (tertiary/aromatic N) is 2. The van der Waals surface area contributed by atoms with E-state index in [0.717, 1.165) is 27.9 Å². The fraction of sp³-hybridized carbons (Fsp3) is 0.0800. The highest BCUT2D eigenvalue weighted by Gasteiger charge is 2.19. The minimum Gasteiger partial charge on any atom is -0.466 e. The zero-order chi connectivity index (χ0) is 23.2. The van der Waals surface area contributed by atoms with E-state index in [1.54, 1.807) is 12.1 Å². The maximum Gasteiger partial charge on any atom is 0.278 e. The number of ether oxygens (including phenoxy) is 1. The van der Waals surface area contributed by atoms with Crippen LogP contribution in [0.3, 0.4) is 0 Å². The van der Waals surface area contributed by atoms with E-state index in [1.807, 2.05) is 67.6 Å². The number of aryl methyl sites for hydroxylation is 1. The lowest BCUT2D eigenvalue weighted by molar-refractivity contribution is -0.123. The van der Waals surface area contributed by atoms with Crippen molar-refractivity contribution in [2.24, 2.45) is 5.10 Å². The number of benzene rings is 3. The number of carbonyl (C=O) groups excluding carboxylic acids is 1. The predicted molar refractivity (Wildman–Crippen MR) is 132 cm³/mol. The first kappa shape index (κ1) is 22.6. The Morgan fingerprint density at radius 2 is 1.73 bits per heavy atom. The van der Waals surface area contributed by atoms with E-state index >= 15 is 0 Å². The largest absolute Gasteiger partial charge is 0.466 e. The second-order valence-electron chi connectivity index (χ2n) is 7.26. The normalized spacial score (nSPS) is 11.0. The Labute approximate surface area is 201 Å². The molecule has 0 radical (unpaired) electrons. The minimum absolute atomic E-state index is 0.260. The quantitative estimate of drug-likeness (QED) is 0.256. The fourth-order valence-electron chi connectivity index (χ4n) is 3.16. The van der Waals surface area contributed by atoms with Crippen LogP contribution in [0.15, 0.2) is 77.9 Å². The van der Waals surface area contributed by atoms with Gasteiger partial charge in [0.1, 0.15) is 0 Å². The second kappa shape index (κ2) is 10.3. The first-order valence-corrected chi connectivity index (χ1v) is 10.9. The summed E-state index contributed by atoms with van der Waals surface area (Å²) < 4.78 is 5.76. The lowest BCUT2D eigenvalue weighted by Gasteiger charge is -2.08. The van der Waals surface area contributed by atoms with E-state index in [0.29, 0.717) is 21.5 Å². The number of amides is 1. The van der Waals surface area contributed by atoms with Crippen molar-refractivity contribution >= 4 is 35.3 Å². The highest BCUT2D eigenvalue weighted by atomic mass is 35.5. The zero-order valence-electron chi connectivity index (χ0n) is 17.7. The molecule has 1 aromatic heterocycles. The molecular formula is C25H20Cl2N4O2. The van der Waals surface area contributed by atoms with E-state index in [1.165, 1.54) is 6.21 Å². The Hall–Kier alpha value is -3.61. The van der Waals surface area contributed by atoms with Crippen molar-refractivity contribution in [3.05, 3.63) is 94.0 Å². The molecule has 166 valence electrons. The SMILES string of the molecule is Cc1ccc(-c2c(OCC(=O)N/N=C/c3ccccc3Cl)n[nH]c2-c2ccc(Cl)cc2)cc1. The molecule has 1 heterocycles. The Balaban J connectivity index is 1.52. The summed E-state index contributed by atoms with van der Waals surface area (Å²) in [5.74, 6) is -0.113. The molecule has 33 heavy (non-hydrogen) atoms. The van der Waals surface area contributed by atoms with Gasteiger partial charge in [-0.05, 0) is 30.7 Å². The lowest BCUT2D eigenvalue weighted by Crippen LogP contribution is -2.24. The van der Waals surface area contributed by atoms with Crippen LogP contribution in [0.5, 0.6) is 5.88 Å². The predicted octanol–water partition coefficient (Wildman–Crippen LogP) is 5.89. The Morgan fingerprint density at radius 1 is 1.03 bits per heavy atom. The highest BCUT2D eigenvalue weighted by Crippen LogP contribution is 2.37. The minimum atomic E-state index is -0.427. The zero-order valence-corrected chi connectivity index (χ0v) is 19.2. The van der Waals surface area contributed by atoms with Gasteiger partial charge in [0.25, 0.3) is 5.91 Å². The van der Waals surface area contributed by atoms with Gasteiger partial charge in [0.05, 0.1) is 17.5 Å². The standard InChI is InChI=1S/C25H20Cl2N4O2/c1-16-6-8-17(9-7-16)23-24(18-10-12-20(26)13-11-18)30-31-25(23)33-15-22(32)29-28-14-19-4-2-3-5-21(19)27/h2-14H,15H2,1H3,(H,29,32)(H,30,31)/b28-14+. The van der Waals surface area contributed by atoms with Crippen molar-refractivity contribution in [1.82, 2.24) is 15.6 Å². The summed E-state index contributed by atoms with van der Waals surface area (Å²) >= 11 is 12.1. The van der Waals surface area contributed by atoms with Gasteiger partial charge in [-0.25, -0.2) is 5.43 Å². The number of nitrogens with one attached hydrogen (secondary N) is 2. The highest BCUT2D eigenvalue weighted by molar-refractivity contribution is 6.33. The van der Waals surface area contributed by atoms with Gasteiger partial charge < -0.3 is 4.74 Å². The van der Waals surface area contributed by atoms with Crippen molar-refractivity contribution in [2.45, 2.75) is 6.92 Å². The van der Waals surface area contributed by atoms with Crippen LogP contribution >= 0.6 is 23.2 Å². The summed E-state index contributed by atoms with van der Waals surface area (Å²) in [6.07, 6.45) is 1.48. The number of hydrogen-bond donors (Lipinski definition) is 2. The summed E-state index contributed by atoms with van der Waals surface area (Å²) in [5, 5.41) is 12.5. The summed E-state index contributed by atoms with van der Waals surface area (Å²) in [7, 11) is 0. The molecule has 4 rings (SSSR count). The first-order chi connectivity index (χ1) is 16.0. The molecule has 0 bridgehead atoms. The van der Waals surface area contributed by atoms with Crippen molar-refractivity contribution in [3.63, 3.8) is 0 Å². The molecule has 0 aliphatic heterocycles. The van der Waals surface area contributed by atoms with Crippen LogP contribution in [-0.4, -0.2) is 28.9 Å². The Bertz CT molecular complexity index is 1280. The number of H-pyrrole nitrogens is 1. The van der Waals surface area contributed by atoms with Crippen LogP contribution in [0.4, 0.5) is 0 Å². The molecule has 3 aromatic carbocycles. The Kier molecular flexibility index (Phi) is 7.07. The van der Waals surface area contributed by atoms with Gasteiger partial charge in [0.2, 0.25) is 5.88 Å². The fourth-order valence-corrected chi connectivity index (χ4v) is 3.47. The van der Waals surface area contributed by atoms with Gasteiger partial charge in [-0.15, -0.1) is 5.10 Å². The van der Waals surface area contributed by atoms with Crippen molar-refractivity contribution in [2.75, 3.05) is 6.61 Å². The molecule has 6 nitrogen and oxygen atoms in total. The van der Waals surface area contributed by atoms with E-state index in [4.69, 9.17) is 27.9 Å². The number of hydrogen-bond acceptors (Lipinski definition) is 4. The maximum absolute atomic E-state index is 12.3. The number of rotatable bonds is 7. The Morgan fingerprint density at radius 3 is 2.45 bits per heavy atom. The molecule has 0 spiro atoms. The molecule has 0 saturated heterocycles. The molecule has 0 aliphatic rings. The molecule has 0 atom stereocenters. The van der Waals surface area contributed by atoms with Crippen molar-refractivity contribution in [3.8, 4) is 28.3 Å². The van der Waals surface area contributed by atoms with Crippen molar-refractivity contribution in [1.29, 1.82) is 0 Å². The number of halogens is 2. The average Bonchev–Trinajstić information content (AvgIpc) is 3.24. The van der Waals surface area contributed by atoms with Gasteiger partial charge in [-0.2, -0.15) is 5.10 Å². The molecule has 0 aliphatic carbocycles. The van der Waals surface area contributed by atoms with E-state index < -0.39 is 5.91 Å².